The smallest absolute Gasteiger partial charge is 0.231 e. The summed E-state index contributed by atoms with van der Waals surface area (Å²) in [5, 5.41) is 0. The zero-order valence-corrected chi connectivity index (χ0v) is 10.4. The van der Waals surface area contributed by atoms with E-state index in [1.165, 1.54) is 0 Å². The predicted molar refractivity (Wildman–Crippen MR) is 63.4 cm³/mol. The Balaban J connectivity index is 4.13. The summed E-state index contributed by atoms with van der Waals surface area (Å²) >= 11 is 0. The number of rotatable bonds is 7. The highest BCUT2D eigenvalue weighted by molar-refractivity contribution is 5.75. The summed E-state index contributed by atoms with van der Waals surface area (Å²) in [5.41, 5.74) is 11.0. The van der Waals surface area contributed by atoms with Crippen molar-refractivity contribution in [3.05, 3.63) is 0 Å². The van der Waals surface area contributed by atoms with Gasteiger partial charge < -0.3 is 11.5 Å². The zero-order chi connectivity index (χ0) is 12.1. The third-order valence-electron chi connectivity index (χ3n) is 2.72. The van der Waals surface area contributed by atoms with Crippen molar-refractivity contribution in [1.29, 1.82) is 0 Å². The van der Waals surface area contributed by atoms with Gasteiger partial charge in [-0.3, -0.25) is 9.69 Å². The standard InChI is InChI=1S/C11H25N3O/c1-9(2)14(7-10(13)15)6-5-11(3,4)8-12/h9H,5-8,12H2,1-4H3,(H2,13,15). The monoisotopic (exact) mass is 215 g/mol. The lowest BCUT2D eigenvalue weighted by Crippen LogP contribution is -2.41. The second kappa shape index (κ2) is 6.08. The molecule has 4 nitrogen and oxygen atoms in total. The van der Waals surface area contributed by atoms with Gasteiger partial charge in [0.15, 0.2) is 0 Å². The van der Waals surface area contributed by atoms with Crippen molar-refractivity contribution in [3.63, 3.8) is 0 Å². The minimum absolute atomic E-state index is 0.130. The van der Waals surface area contributed by atoms with Crippen LogP contribution in [0.15, 0.2) is 0 Å². The predicted octanol–water partition coefficient (Wildman–Crippen LogP) is 0.557. The zero-order valence-electron chi connectivity index (χ0n) is 10.4. The molecule has 0 radical (unpaired) electrons. The molecule has 4 heteroatoms. The summed E-state index contributed by atoms with van der Waals surface area (Å²) in [4.78, 5) is 12.9. The van der Waals surface area contributed by atoms with Gasteiger partial charge in [0, 0.05) is 6.04 Å². The van der Waals surface area contributed by atoms with Crippen molar-refractivity contribution in [2.24, 2.45) is 16.9 Å². The molecule has 0 saturated carbocycles. The van der Waals surface area contributed by atoms with Gasteiger partial charge in [-0.1, -0.05) is 13.8 Å². The molecule has 0 heterocycles. The van der Waals surface area contributed by atoms with E-state index < -0.39 is 0 Å². The second-order valence-corrected chi connectivity index (χ2v) is 5.15. The van der Waals surface area contributed by atoms with E-state index in [0.29, 0.717) is 19.1 Å². The molecule has 0 saturated heterocycles. The van der Waals surface area contributed by atoms with Crippen molar-refractivity contribution >= 4 is 5.91 Å². The number of nitrogens with zero attached hydrogens (tertiary/aromatic N) is 1. The molecule has 0 bridgehead atoms. The van der Waals surface area contributed by atoms with Crippen molar-refractivity contribution < 1.29 is 4.79 Å². The van der Waals surface area contributed by atoms with Crippen LogP contribution in [0.2, 0.25) is 0 Å². The Morgan fingerprint density at radius 3 is 2.27 bits per heavy atom. The van der Waals surface area contributed by atoms with Gasteiger partial charge in [-0.25, -0.2) is 0 Å². The maximum atomic E-state index is 10.9. The normalized spacial score (nSPS) is 12.5. The average Bonchev–Trinajstić information content (AvgIpc) is 2.11. The van der Waals surface area contributed by atoms with Crippen LogP contribution in [0.25, 0.3) is 0 Å². The van der Waals surface area contributed by atoms with E-state index in [1.807, 2.05) is 0 Å². The van der Waals surface area contributed by atoms with Gasteiger partial charge in [-0.05, 0) is 38.8 Å². The molecule has 0 aromatic carbocycles. The molecular formula is C11H25N3O. The van der Waals surface area contributed by atoms with Crippen LogP contribution in [0, 0.1) is 5.41 Å². The quantitative estimate of drug-likeness (QED) is 0.651. The van der Waals surface area contributed by atoms with Crippen LogP contribution in [0.5, 0.6) is 0 Å². The fourth-order valence-corrected chi connectivity index (χ4v) is 1.27. The molecule has 0 spiro atoms. The lowest BCUT2D eigenvalue weighted by Gasteiger charge is -2.30. The summed E-state index contributed by atoms with van der Waals surface area (Å²) in [7, 11) is 0. The van der Waals surface area contributed by atoms with Gasteiger partial charge in [0.05, 0.1) is 6.54 Å². The maximum Gasteiger partial charge on any atom is 0.231 e. The number of nitrogens with two attached hydrogens (primary N) is 2. The summed E-state index contributed by atoms with van der Waals surface area (Å²) in [6.07, 6.45) is 0.981. The van der Waals surface area contributed by atoms with E-state index >= 15 is 0 Å². The summed E-state index contributed by atoms with van der Waals surface area (Å²) in [6, 6.07) is 0.339. The molecule has 0 fully saturated rings. The van der Waals surface area contributed by atoms with Gasteiger partial charge in [-0.2, -0.15) is 0 Å². The van der Waals surface area contributed by atoms with E-state index in [2.05, 4.69) is 32.6 Å². The first-order chi connectivity index (χ1) is 6.78. The molecule has 1 amide bonds. The lowest BCUT2D eigenvalue weighted by molar-refractivity contribution is -0.119. The van der Waals surface area contributed by atoms with Gasteiger partial charge in [0.1, 0.15) is 0 Å². The first-order valence-electron chi connectivity index (χ1n) is 5.51. The lowest BCUT2D eigenvalue weighted by atomic mass is 9.89. The molecule has 0 aromatic heterocycles. The SMILES string of the molecule is CC(C)N(CCC(C)(C)CN)CC(N)=O. The van der Waals surface area contributed by atoms with Crippen molar-refractivity contribution in [3.8, 4) is 0 Å². The third kappa shape index (κ3) is 6.47. The van der Waals surface area contributed by atoms with Crippen LogP contribution in [0.4, 0.5) is 0 Å². The molecule has 0 aromatic rings. The van der Waals surface area contributed by atoms with E-state index in [4.69, 9.17) is 11.5 Å². The number of amides is 1. The number of hydrogen-bond donors (Lipinski definition) is 2. The Labute approximate surface area is 93.0 Å². The molecule has 0 aliphatic rings. The fraction of sp³-hybridized carbons (Fsp3) is 0.909. The van der Waals surface area contributed by atoms with E-state index in [0.717, 1.165) is 13.0 Å². The Hall–Kier alpha value is -0.610. The average molecular weight is 215 g/mol. The first-order valence-corrected chi connectivity index (χ1v) is 5.51. The van der Waals surface area contributed by atoms with Crippen LogP contribution < -0.4 is 11.5 Å². The van der Waals surface area contributed by atoms with Crippen LogP contribution in [-0.2, 0) is 4.79 Å². The Kier molecular flexibility index (Phi) is 5.83. The summed E-state index contributed by atoms with van der Waals surface area (Å²) in [6.45, 7) is 10.3. The molecule has 4 N–H and O–H groups in total. The highest BCUT2D eigenvalue weighted by Crippen LogP contribution is 2.19. The summed E-state index contributed by atoms with van der Waals surface area (Å²) < 4.78 is 0. The van der Waals surface area contributed by atoms with E-state index in [9.17, 15) is 4.79 Å². The van der Waals surface area contributed by atoms with Gasteiger partial charge in [-0.15, -0.1) is 0 Å². The highest BCUT2D eigenvalue weighted by Gasteiger charge is 2.19. The summed E-state index contributed by atoms with van der Waals surface area (Å²) in [5.74, 6) is -0.269. The topological polar surface area (TPSA) is 72.3 Å². The molecule has 90 valence electrons. The van der Waals surface area contributed by atoms with Gasteiger partial charge in [0.2, 0.25) is 5.91 Å². The van der Waals surface area contributed by atoms with Crippen molar-refractivity contribution in [2.75, 3.05) is 19.6 Å². The van der Waals surface area contributed by atoms with Gasteiger partial charge in [0.25, 0.3) is 0 Å². The Bertz CT molecular complexity index is 202. The minimum atomic E-state index is -0.269. The Morgan fingerprint density at radius 2 is 1.93 bits per heavy atom. The Morgan fingerprint density at radius 1 is 1.40 bits per heavy atom. The number of primary amides is 1. The highest BCUT2D eigenvalue weighted by atomic mass is 16.1. The largest absolute Gasteiger partial charge is 0.369 e. The van der Waals surface area contributed by atoms with Crippen LogP contribution in [0.3, 0.4) is 0 Å². The van der Waals surface area contributed by atoms with Crippen LogP contribution in [0.1, 0.15) is 34.1 Å². The number of hydrogen-bond acceptors (Lipinski definition) is 3. The second-order valence-electron chi connectivity index (χ2n) is 5.15. The molecule has 0 rings (SSSR count). The molecule has 0 atom stereocenters. The molecule has 15 heavy (non-hydrogen) atoms. The van der Waals surface area contributed by atoms with Crippen molar-refractivity contribution in [2.45, 2.75) is 40.2 Å². The molecular weight excluding hydrogens is 190 g/mol. The van der Waals surface area contributed by atoms with Crippen LogP contribution in [-0.4, -0.2) is 36.5 Å². The van der Waals surface area contributed by atoms with Crippen LogP contribution >= 0.6 is 0 Å². The maximum absolute atomic E-state index is 10.9. The van der Waals surface area contributed by atoms with E-state index in [1.54, 1.807) is 0 Å². The molecule has 0 unspecified atom stereocenters. The first kappa shape index (κ1) is 14.4. The third-order valence-corrected chi connectivity index (χ3v) is 2.72. The van der Waals surface area contributed by atoms with E-state index in [-0.39, 0.29) is 11.3 Å². The van der Waals surface area contributed by atoms with Gasteiger partial charge >= 0.3 is 0 Å². The fourth-order valence-electron chi connectivity index (χ4n) is 1.27. The minimum Gasteiger partial charge on any atom is -0.369 e. The van der Waals surface area contributed by atoms with Crippen molar-refractivity contribution in [1.82, 2.24) is 4.90 Å². The molecule has 0 aliphatic heterocycles. The number of carbonyl (C=O) groups is 1. The molecule has 0 aliphatic carbocycles. The number of carbonyl (C=O) groups excluding carboxylic acids is 1.